The molecule has 3 aromatic rings. The minimum absolute atomic E-state index is 0.0297. The van der Waals surface area contributed by atoms with Gasteiger partial charge in [0.2, 0.25) is 12.3 Å². The molecule has 1 aromatic carbocycles. The molecule has 4 rings (SSSR count). The maximum atomic E-state index is 15.7. The molecule has 0 saturated carbocycles. The van der Waals surface area contributed by atoms with Crippen LogP contribution in [0, 0.1) is 23.0 Å². The number of anilines is 1. The van der Waals surface area contributed by atoms with Crippen LogP contribution in [0.4, 0.5) is 20.3 Å². The molecule has 216 valence electrons. The summed E-state index contributed by atoms with van der Waals surface area (Å²) < 4.78 is 42.8. The van der Waals surface area contributed by atoms with Gasteiger partial charge in [-0.15, -0.1) is 0 Å². The van der Waals surface area contributed by atoms with Gasteiger partial charge < -0.3 is 24.8 Å². The second kappa shape index (κ2) is 13.2. The number of amidine groups is 1. The lowest BCUT2D eigenvalue weighted by Crippen LogP contribution is -2.56. The van der Waals surface area contributed by atoms with Gasteiger partial charge in [-0.1, -0.05) is 12.6 Å². The summed E-state index contributed by atoms with van der Waals surface area (Å²) in [7, 11) is 0. The summed E-state index contributed by atoms with van der Waals surface area (Å²) in [5.74, 6) is -3.06. The molecule has 0 aliphatic carbocycles. The van der Waals surface area contributed by atoms with Crippen LogP contribution in [0.5, 0.6) is 5.75 Å². The van der Waals surface area contributed by atoms with E-state index in [9.17, 15) is 28.9 Å². The number of carbonyl (C=O) groups excluding carboxylic acids is 2. The molecule has 0 radical (unpaired) electrons. The first-order valence-electron chi connectivity index (χ1n) is 12.5. The van der Waals surface area contributed by atoms with Gasteiger partial charge >= 0.3 is 0 Å². The van der Waals surface area contributed by atoms with E-state index in [0.29, 0.717) is 6.41 Å². The first-order valence-corrected chi connectivity index (χ1v) is 14.1. The van der Waals surface area contributed by atoms with Crippen LogP contribution in [0.1, 0.15) is 12.0 Å². The van der Waals surface area contributed by atoms with E-state index in [0.717, 1.165) is 18.2 Å². The molecule has 1 aliphatic rings. The molecule has 3 heterocycles. The largest absolute Gasteiger partial charge is 0.610 e. The Bertz CT molecular complexity index is 1570. The predicted octanol–water partition coefficient (Wildman–Crippen LogP) is 3.12. The van der Waals surface area contributed by atoms with Gasteiger partial charge in [0.15, 0.2) is 5.82 Å². The Balaban J connectivity index is 1.94. The third kappa shape index (κ3) is 6.22. The Kier molecular flexibility index (Phi) is 9.46. The third-order valence-electron chi connectivity index (χ3n) is 6.46. The average molecular weight is 594 g/mol. The zero-order valence-electron chi connectivity index (χ0n) is 22.3. The van der Waals surface area contributed by atoms with Crippen LogP contribution in [0.15, 0.2) is 65.3 Å². The number of hydrogen-bond donors (Lipinski definition) is 2. The maximum absolute atomic E-state index is 15.7. The van der Waals surface area contributed by atoms with E-state index < -0.39 is 45.9 Å². The van der Waals surface area contributed by atoms with E-state index in [-0.39, 0.29) is 59.9 Å². The lowest BCUT2D eigenvalue weighted by Gasteiger charge is -2.41. The number of nitriles is 1. The summed E-state index contributed by atoms with van der Waals surface area (Å²) in [6.07, 6.45) is 4.27. The number of rotatable bonds is 8. The van der Waals surface area contributed by atoms with Crippen LogP contribution in [0.2, 0.25) is 0 Å². The number of aromatic nitrogens is 2. The second-order valence-electron chi connectivity index (χ2n) is 9.03. The number of phenols is 1. The molecule has 0 spiro atoms. The fourth-order valence-electron chi connectivity index (χ4n) is 4.59. The summed E-state index contributed by atoms with van der Waals surface area (Å²) in [5, 5.41) is 22.2. The summed E-state index contributed by atoms with van der Waals surface area (Å²) in [4.78, 5) is 40.2. The molecule has 2 aromatic heterocycles. The van der Waals surface area contributed by atoms with Crippen molar-refractivity contribution in [3.05, 3.63) is 72.4 Å². The number of nitrogens with one attached hydrogen (secondary N) is 1. The topological polar surface area (TPSA) is 158 Å². The number of aromatic hydroxyl groups is 1. The summed E-state index contributed by atoms with van der Waals surface area (Å²) >= 11 is -1.56. The molecule has 1 saturated heterocycles. The first kappa shape index (κ1) is 30.1. The molecule has 42 heavy (non-hydrogen) atoms. The number of carbonyl (C=O) groups is 2. The molecule has 1 fully saturated rings. The minimum Gasteiger partial charge on any atom is -0.610 e. The fourth-order valence-corrected chi connectivity index (χ4v) is 5.20. The van der Waals surface area contributed by atoms with E-state index >= 15 is 4.39 Å². The summed E-state index contributed by atoms with van der Waals surface area (Å²) in [6, 6.07) is 9.01. The van der Waals surface area contributed by atoms with Crippen LogP contribution in [-0.2, 0) is 20.8 Å². The standard InChI is InChI=1S/C28H25F2N7O4S/c1-3-23(40)37-13-12-36(15-17(37)9-10-31)27(34-21-7-5-11-32-28(21)42(2)41)18-14-20(30)25(35-26(18)33-16-38)24-19(29)6-4-8-22(24)39/h3-8,11,14,16-17,39H,1,9,12-13,15H2,2H3,(H,33,35,38)/b34-27+. The number of halogens is 2. The van der Waals surface area contributed by atoms with Crippen LogP contribution in [0.25, 0.3) is 11.3 Å². The fraction of sp³-hybridized carbons (Fsp3) is 0.214. The predicted molar refractivity (Wildman–Crippen MR) is 151 cm³/mol. The van der Waals surface area contributed by atoms with Crippen molar-refractivity contribution in [2.24, 2.45) is 4.99 Å². The summed E-state index contributed by atoms with van der Waals surface area (Å²) in [5.41, 5.74) is -0.910. The maximum Gasteiger partial charge on any atom is 0.270 e. The Hall–Kier alpha value is -4.87. The van der Waals surface area contributed by atoms with Gasteiger partial charge in [-0.05, 0) is 36.4 Å². The zero-order valence-corrected chi connectivity index (χ0v) is 23.1. The molecule has 0 bridgehead atoms. The molecule has 2 unspecified atom stereocenters. The normalized spacial score (nSPS) is 16.0. The molecule has 11 nitrogen and oxygen atoms in total. The number of piperazine rings is 1. The third-order valence-corrected chi connectivity index (χ3v) is 7.32. The molecule has 14 heteroatoms. The number of aliphatic imine (C=N–C) groups is 1. The van der Waals surface area contributed by atoms with Crippen LogP contribution < -0.4 is 5.32 Å². The number of hydrogen-bond acceptors (Lipinski definition) is 8. The average Bonchev–Trinajstić information content (AvgIpc) is 2.97. The molecular formula is C28H25F2N7O4S. The van der Waals surface area contributed by atoms with Crippen LogP contribution in [-0.4, -0.2) is 79.5 Å². The highest BCUT2D eigenvalue weighted by atomic mass is 32.2. The number of phenolic OH excluding ortho intramolecular Hbond substituents is 1. The Morgan fingerprint density at radius 2 is 2.12 bits per heavy atom. The number of nitrogens with zero attached hydrogens (tertiary/aromatic N) is 6. The van der Waals surface area contributed by atoms with Crippen molar-refractivity contribution >= 4 is 40.8 Å². The van der Waals surface area contributed by atoms with Gasteiger partial charge in [-0.2, -0.15) is 5.26 Å². The highest BCUT2D eigenvalue weighted by Crippen LogP contribution is 2.35. The molecule has 2 amide bonds. The van der Waals surface area contributed by atoms with Crippen molar-refractivity contribution in [3.8, 4) is 23.1 Å². The quantitative estimate of drug-likeness (QED) is 0.133. The Morgan fingerprint density at radius 3 is 2.79 bits per heavy atom. The van der Waals surface area contributed by atoms with Gasteiger partial charge in [0.05, 0.1) is 29.7 Å². The van der Waals surface area contributed by atoms with E-state index in [1.165, 1.54) is 29.5 Å². The van der Waals surface area contributed by atoms with Gasteiger partial charge in [0.25, 0.3) is 5.03 Å². The van der Waals surface area contributed by atoms with Crippen molar-refractivity contribution in [2.45, 2.75) is 17.5 Å². The van der Waals surface area contributed by atoms with Gasteiger partial charge in [0.1, 0.15) is 40.9 Å². The molecule has 2 N–H and O–H groups in total. The van der Waals surface area contributed by atoms with E-state index in [1.807, 2.05) is 0 Å². The number of benzene rings is 1. The highest BCUT2D eigenvalue weighted by molar-refractivity contribution is 7.90. The summed E-state index contributed by atoms with van der Waals surface area (Å²) in [6.45, 7) is 3.92. The molecule has 2 atom stereocenters. The van der Waals surface area contributed by atoms with Crippen molar-refractivity contribution in [2.75, 3.05) is 31.2 Å². The molecular weight excluding hydrogens is 568 g/mol. The monoisotopic (exact) mass is 593 g/mol. The van der Waals surface area contributed by atoms with Gasteiger partial charge in [-0.25, -0.2) is 23.7 Å². The van der Waals surface area contributed by atoms with Crippen molar-refractivity contribution in [1.29, 1.82) is 5.26 Å². The van der Waals surface area contributed by atoms with E-state index in [1.54, 1.807) is 17.0 Å². The van der Waals surface area contributed by atoms with Crippen molar-refractivity contribution in [3.63, 3.8) is 0 Å². The smallest absolute Gasteiger partial charge is 0.270 e. The van der Waals surface area contributed by atoms with Gasteiger partial charge in [0, 0.05) is 37.0 Å². The lowest BCUT2D eigenvalue weighted by molar-refractivity contribution is -0.130. The number of amides is 2. The Labute approximate surface area is 243 Å². The van der Waals surface area contributed by atoms with Crippen LogP contribution in [0.3, 0.4) is 0 Å². The molecule has 1 aliphatic heterocycles. The lowest BCUT2D eigenvalue weighted by atomic mass is 10.0. The highest BCUT2D eigenvalue weighted by Gasteiger charge is 2.33. The van der Waals surface area contributed by atoms with Crippen LogP contribution >= 0.6 is 0 Å². The number of pyridine rings is 2. The second-order valence-corrected chi connectivity index (χ2v) is 10.3. The first-order chi connectivity index (χ1) is 20.2. The SMILES string of the molecule is C=CC(=O)N1CCN(/C(=N/c2cccnc2[S+](C)[O-])c2cc(F)c(-c3c(O)cccc3F)nc2NC=O)CC1CC#N. The van der Waals surface area contributed by atoms with Crippen molar-refractivity contribution < 1.29 is 28.0 Å². The van der Waals surface area contributed by atoms with E-state index in [4.69, 9.17) is 0 Å². The van der Waals surface area contributed by atoms with Gasteiger partial charge in [-0.3, -0.25) is 9.59 Å². The van der Waals surface area contributed by atoms with Crippen molar-refractivity contribution in [1.82, 2.24) is 19.8 Å². The van der Waals surface area contributed by atoms with E-state index in [2.05, 4.69) is 32.9 Å². The minimum atomic E-state index is -1.56. The zero-order chi connectivity index (χ0) is 30.4. The Morgan fingerprint density at radius 1 is 1.33 bits per heavy atom.